The van der Waals surface area contributed by atoms with Gasteiger partial charge in [0, 0.05) is 10.8 Å². The van der Waals surface area contributed by atoms with E-state index in [2.05, 4.69) is 4.98 Å². The number of hydrogen-bond donors (Lipinski definition) is 0. The molecule has 0 N–H and O–H groups in total. The van der Waals surface area contributed by atoms with Gasteiger partial charge in [-0.3, -0.25) is 0 Å². The molecule has 0 saturated heterocycles. The average molecular weight is 324 g/mol. The van der Waals surface area contributed by atoms with Gasteiger partial charge in [0.15, 0.2) is 5.75 Å². The molecule has 0 unspecified atom stereocenters. The van der Waals surface area contributed by atoms with Crippen molar-refractivity contribution in [1.29, 1.82) is 0 Å². The summed E-state index contributed by atoms with van der Waals surface area (Å²) in [5.41, 5.74) is -0.723. The van der Waals surface area contributed by atoms with Crippen molar-refractivity contribution in [1.82, 2.24) is 4.98 Å². The highest BCUT2D eigenvalue weighted by Gasteiger charge is 2.30. The number of aromatic nitrogens is 1. The first-order valence-electron chi connectivity index (χ1n) is 6.33. The maximum Gasteiger partial charge on any atom is 0.416 e. The minimum absolute atomic E-state index is 0.294. The molecule has 112 valence electrons. The van der Waals surface area contributed by atoms with Gasteiger partial charge in [-0.1, -0.05) is 35.9 Å². The molecule has 0 atom stereocenters. The Morgan fingerprint density at radius 2 is 1.55 bits per heavy atom. The summed E-state index contributed by atoms with van der Waals surface area (Å²) < 4.78 is 43.2. The van der Waals surface area contributed by atoms with Crippen LogP contribution in [-0.2, 0) is 6.18 Å². The summed E-state index contributed by atoms with van der Waals surface area (Å²) in [4.78, 5) is 4.02. The van der Waals surface area contributed by atoms with Crippen molar-refractivity contribution < 1.29 is 17.9 Å². The van der Waals surface area contributed by atoms with Crippen LogP contribution in [0.25, 0.3) is 10.8 Å². The number of benzene rings is 2. The van der Waals surface area contributed by atoms with Gasteiger partial charge in [0.1, 0.15) is 10.9 Å². The highest BCUT2D eigenvalue weighted by Crippen LogP contribution is 2.34. The molecule has 2 nitrogen and oxygen atoms in total. The molecule has 0 fully saturated rings. The van der Waals surface area contributed by atoms with Crippen LogP contribution < -0.4 is 4.74 Å². The largest absolute Gasteiger partial charge is 0.455 e. The zero-order chi connectivity index (χ0) is 15.7. The predicted molar refractivity (Wildman–Crippen MR) is 78.3 cm³/mol. The topological polar surface area (TPSA) is 22.1 Å². The zero-order valence-corrected chi connectivity index (χ0v) is 11.8. The summed E-state index contributed by atoms with van der Waals surface area (Å²) in [7, 11) is 0. The van der Waals surface area contributed by atoms with E-state index in [1.54, 1.807) is 6.07 Å². The lowest BCUT2D eigenvalue weighted by Gasteiger charge is -2.11. The van der Waals surface area contributed by atoms with Crippen LogP contribution in [0.4, 0.5) is 13.2 Å². The molecule has 1 heterocycles. The second-order valence-corrected chi connectivity index (χ2v) is 4.94. The van der Waals surface area contributed by atoms with Gasteiger partial charge in [-0.05, 0) is 24.3 Å². The minimum atomic E-state index is -4.37. The van der Waals surface area contributed by atoms with E-state index in [1.807, 2.05) is 18.2 Å². The van der Waals surface area contributed by atoms with Crippen molar-refractivity contribution in [3.63, 3.8) is 0 Å². The summed E-state index contributed by atoms with van der Waals surface area (Å²) in [6.07, 6.45) is -2.92. The van der Waals surface area contributed by atoms with Gasteiger partial charge in [-0.25, -0.2) is 4.98 Å². The fraction of sp³-hybridized carbons (Fsp3) is 0.0625. The first-order valence-corrected chi connectivity index (χ1v) is 6.71. The van der Waals surface area contributed by atoms with E-state index >= 15 is 0 Å². The summed E-state index contributed by atoms with van der Waals surface area (Å²) in [6, 6.07) is 11.7. The van der Waals surface area contributed by atoms with Crippen molar-refractivity contribution in [2.75, 3.05) is 0 Å². The minimum Gasteiger partial charge on any atom is -0.455 e. The molecule has 0 aliphatic heterocycles. The Morgan fingerprint density at radius 3 is 2.18 bits per heavy atom. The van der Waals surface area contributed by atoms with Crippen LogP contribution in [0.5, 0.6) is 11.5 Å². The van der Waals surface area contributed by atoms with Crippen LogP contribution in [0.15, 0.2) is 54.7 Å². The quantitative estimate of drug-likeness (QED) is 0.564. The SMILES string of the molecule is FC(F)(F)c1ccc(Oc2cnc(Cl)c3ccccc23)cc1. The van der Waals surface area contributed by atoms with Gasteiger partial charge in [-0.15, -0.1) is 0 Å². The van der Waals surface area contributed by atoms with Gasteiger partial charge in [0.2, 0.25) is 0 Å². The number of rotatable bonds is 2. The van der Waals surface area contributed by atoms with E-state index in [1.165, 1.54) is 18.3 Å². The van der Waals surface area contributed by atoms with Crippen LogP contribution >= 0.6 is 11.6 Å². The van der Waals surface area contributed by atoms with Gasteiger partial charge < -0.3 is 4.74 Å². The Balaban J connectivity index is 1.95. The van der Waals surface area contributed by atoms with Crippen LogP contribution in [0.3, 0.4) is 0 Å². The van der Waals surface area contributed by atoms with Crippen LogP contribution in [0, 0.1) is 0 Å². The number of ether oxygens (including phenoxy) is 1. The summed E-state index contributed by atoms with van der Waals surface area (Å²) in [5.74, 6) is 0.724. The highest BCUT2D eigenvalue weighted by atomic mass is 35.5. The molecule has 0 spiro atoms. The molecular formula is C16H9ClF3NO. The van der Waals surface area contributed by atoms with E-state index in [4.69, 9.17) is 16.3 Å². The predicted octanol–water partition coefficient (Wildman–Crippen LogP) is 5.70. The third kappa shape index (κ3) is 2.85. The number of fused-ring (bicyclic) bond motifs is 1. The number of nitrogens with zero attached hydrogens (tertiary/aromatic N) is 1. The monoisotopic (exact) mass is 323 g/mol. The summed E-state index contributed by atoms with van der Waals surface area (Å²) in [5, 5.41) is 1.80. The maximum absolute atomic E-state index is 12.5. The Kier molecular flexibility index (Phi) is 3.66. The van der Waals surface area contributed by atoms with Crippen molar-refractivity contribution in [2.45, 2.75) is 6.18 Å². The fourth-order valence-corrected chi connectivity index (χ4v) is 2.27. The van der Waals surface area contributed by atoms with E-state index < -0.39 is 11.7 Å². The van der Waals surface area contributed by atoms with Crippen molar-refractivity contribution in [3.8, 4) is 11.5 Å². The molecule has 0 amide bonds. The third-order valence-electron chi connectivity index (χ3n) is 3.12. The van der Waals surface area contributed by atoms with Gasteiger partial charge in [-0.2, -0.15) is 13.2 Å². The second-order valence-electron chi connectivity index (χ2n) is 4.58. The molecule has 3 rings (SSSR count). The fourth-order valence-electron chi connectivity index (χ4n) is 2.05. The molecule has 2 aromatic carbocycles. The van der Waals surface area contributed by atoms with Crippen molar-refractivity contribution in [2.24, 2.45) is 0 Å². The number of hydrogen-bond acceptors (Lipinski definition) is 2. The number of alkyl halides is 3. The molecule has 0 aliphatic carbocycles. The smallest absolute Gasteiger partial charge is 0.416 e. The Morgan fingerprint density at radius 1 is 0.909 bits per heavy atom. The van der Waals surface area contributed by atoms with E-state index in [0.29, 0.717) is 22.0 Å². The number of pyridine rings is 1. The molecule has 0 radical (unpaired) electrons. The van der Waals surface area contributed by atoms with E-state index in [9.17, 15) is 13.2 Å². The normalized spacial score (nSPS) is 11.6. The van der Waals surface area contributed by atoms with E-state index in [-0.39, 0.29) is 0 Å². The van der Waals surface area contributed by atoms with Crippen LogP contribution in [0.1, 0.15) is 5.56 Å². The van der Waals surface area contributed by atoms with Crippen LogP contribution in [0.2, 0.25) is 5.15 Å². The Bertz CT molecular complexity index is 816. The molecule has 0 aliphatic rings. The first kappa shape index (κ1) is 14.7. The Hall–Kier alpha value is -2.27. The molecule has 0 saturated carbocycles. The summed E-state index contributed by atoms with van der Waals surface area (Å²) in [6.45, 7) is 0. The van der Waals surface area contributed by atoms with E-state index in [0.717, 1.165) is 17.5 Å². The van der Waals surface area contributed by atoms with Gasteiger partial charge in [0.05, 0.1) is 11.8 Å². The first-order chi connectivity index (χ1) is 10.4. The van der Waals surface area contributed by atoms with Crippen molar-refractivity contribution >= 4 is 22.4 Å². The van der Waals surface area contributed by atoms with Gasteiger partial charge in [0.25, 0.3) is 0 Å². The second kappa shape index (κ2) is 5.50. The number of halogens is 4. The molecule has 3 aromatic rings. The van der Waals surface area contributed by atoms with Crippen LogP contribution in [-0.4, -0.2) is 4.98 Å². The lowest BCUT2D eigenvalue weighted by atomic mass is 10.1. The molecule has 22 heavy (non-hydrogen) atoms. The van der Waals surface area contributed by atoms with Crippen molar-refractivity contribution in [3.05, 3.63) is 65.4 Å². The lowest BCUT2D eigenvalue weighted by Crippen LogP contribution is -2.04. The Labute approximate surface area is 129 Å². The zero-order valence-electron chi connectivity index (χ0n) is 11.1. The maximum atomic E-state index is 12.5. The lowest BCUT2D eigenvalue weighted by molar-refractivity contribution is -0.137. The molecule has 6 heteroatoms. The molecule has 0 bridgehead atoms. The third-order valence-corrected chi connectivity index (χ3v) is 3.42. The standard InChI is InChI=1S/C16H9ClF3NO/c17-15-13-4-2-1-3-12(13)14(9-21-15)22-11-7-5-10(6-8-11)16(18,19)20/h1-9H. The summed E-state index contributed by atoms with van der Waals surface area (Å²) >= 11 is 6.01. The highest BCUT2D eigenvalue weighted by molar-refractivity contribution is 6.34. The molecular weight excluding hydrogens is 315 g/mol. The van der Waals surface area contributed by atoms with Gasteiger partial charge >= 0.3 is 6.18 Å². The average Bonchev–Trinajstić information content (AvgIpc) is 2.50. The molecule has 1 aromatic heterocycles.